The molecule has 0 aliphatic rings. The molecule has 0 fully saturated rings. The molecule has 2 rings (SSSR count). The normalized spacial score (nSPS) is 10.2. The number of hydrogen-bond acceptors (Lipinski definition) is 4. The Labute approximate surface area is 122 Å². The molecule has 6 heteroatoms. The number of amides is 1. The van der Waals surface area contributed by atoms with Gasteiger partial charge >= 0.3 is 0 Å². The molecule has 1 aromatic heterocycles. The number of thiocarbonyl (C=S) groups is 1. The van der Waals surface area contributed by atoms with Gasteiger partial charge in [-0.05, 0) is 12.1 Å². The van der Waals surface area contributed by atoms with Crippen molar-refractivity contribution < 1.29 is 4.79 Å². The molecule has 0 bridgehead atoms. The first-order valence-corrected chi connectivity index (χ1v) is 6.66. The molecule has 1 amide bonds. The van der Waals surface area contributed by atoms with Crippen LogP contribution in [0.4, 0.5) is 5.82 Å². The van der Waals surface area contributed by atoms with E-state index in [0.717, 1.165) is 16.5 Å². The van der Waals surface area contributed by atoms with Crippen LogP contribution in [0.2, 0.25) is 0 Å². The highest BCUT2D eigenvalue weighted by Gasteiger charge is 2.07. The van der Waals surface area contributed by atoms with E-state index < -0.39 is 0 Å². The van der Waals surface area contributed by atoms with E-state index in [2.05, 4.69) is 15.6 Å². The number of carbonyl (C=O) groups excluding carboxylic acids is 1. The standard InChI is InChI=1S/C14H16N4OS/c1-16-13(19)6-7-17-12-8-10(14(15)20)9-4-2-3-5-11(9)18-12/h2-5,8H,6-7H2,1H3,(H2,15,20)(H,16,19)(H,17,18). The molecular weight excluding hydrogens is 272 g/mol. The highest BCUT2D eigenvalue weighted by atomic mass is 32.1. The van der Waals surface area contributed by atoms with Gasteiger partial charge in [0.2, 0.25) is 5.91 Å². The Kier molecular flexibility index (Phi) is 4.47. The fourth-order valence-electron chi connectivity index (χ4n) is 1.90. The maximum Gasteiger partial charge on any atom is 0.221 e. The quantitative estimate of drug-likeness (QED) is 0.725. The van der Waals surface area contributed by atoms with Crippen LogP contribution < -0.4 is 16.4 Å². The van der Waals surface area contributed by atoms with Crippen LogP contribution in [0.15, 0.2) is 30.3 Å². The molecule has 0 aliphatic heterocycles. The van der Waals surface area contributed by atoms with Crippen molar-refractivity contribution in [2.75, 3.05) is 18.9 Å². The van der Waals surface area contributed by atoms with E-state index in [9.17, 15) is 4.79 Å². The summed E-state index contributed by atoms with van der Waals surface area (Å²) in [6.07, 6.45) is 0.382. The zero-order valence-electron chi connectivity index (χ0n) is 11.1. The van der Waals surface area contributed by atoms with Gasteiger partial charge in [-0.3, -0.25) is 4.79 Å². The fourth-order valence-corrected chi connectivity index (χ4v) is 2.07. The van der Waals surface area contributed by atoms with E-state index >= 15 is 0 Å². The molecule has 104 valence electrons. The Morgan fingerprint density at radius 3 is 2.85 bits per heavy atom. The average Bonchev–Trinajstić information content (AvgIpc) is 2.46. The van der Waals surface area contributed by atoms with Crippen molar-refractivity contribution in [1.82, 2.24) is 10.3 Å². The van der Waals surface area contributed by atoms with Crippen LogP contribution >= 0.6 is 12.2 Å². The summed E-state index contributed by atoms with van der Waals surface area (Å²) in [6, 6.07) is 9.48. The molecule has 2 aromatic rings. The molecule has 0 saturated carbocycles. The number of pyridine rings is 1. The van der Waals surface area contributed by atoms with Crippen LogP contribution in [0.1, 0.15) is 12.0 Å². The van der Waals surface area contributed by atoms with E-state index in [1.165, 1.54) is 0 Å². The van der Waals surface area contributed by atoms with Crippen molar-refractivity contribution in [2.45, 2.75) is 6.42 Å². The molecule has 0 radical (unpaired) electrons. The molecule has 0 aliphatic carbocycles. The number of para-hydroxylation sites is 1. The van der Waals surface area contributed by atoms with E-state index in [4.69, 9.17) is 18.0 Å². The van der Waals surface area contributed by atoms with Gasteiger partial charge in [0.15, 0.2) is 0 Å². The zero-order valence-corrected chi connectivity index (χ0v) is 12.0. The Balaban J connectivity index is 2.26. The lowest BCUT2D eigenvalue weighted by atomic mass is 10.1. The summed E-state index contributed by atoms with van der Waals surface area (Å²) >= 11 is 5.08. The first kappa shape index (κ1) is 14.2. The summed E-state index contributed by atoms with van der Waals surface area (Å²) in [5.74, 6) is 0.642. The molecule has 4 N–H and O–H groups in total. The van der Waals surface area contributed by atoms with Gasteiger partial charge in [0, 0.05) is 31.0 Å². The van der Waals surface area contributed by atoms with Crippen molar-refractivity contribution in [3.05, 3.63) is 35.9 Å². The summed E-state index contributed by atoms with van der Waals surface area (Å²) in [6.45, 7) is 0.502. The van der Waals surface area contributed by atoms with Gasteiger partial charge in [0.05, 0.1) is 5.52 Å². The van der Waals surface area contributed by atoms with Gasteiger partial charge in [-0.25, -0.2) is 4.98 Å². The Morgan fingerprint density at radius 2 is 2.15 bits per heavy atom. The monoisotopic (exact) mass is 288 g/mol. The topological polar surface area (TPSA) is 80.0 Å². The van der Waals surface area contributed by atoms with E-state index in [-0.39, 0.29) is 5.91 Å². The summed E-state index contributed by atoms with van der Waals surface area (Å²) in [4.78, 5) is 16.0. The number of rotatable bonds is 5. The van der Waals surface area contributed by atoms with Crippen molar-refractivity contribution in [3.63, 3.8) is 0 Å². The van der Waals surface area contributed by atoms with Crippen LogP contribution in [-0.4, -0.2) is 29.5 Å². The van der Waals surface area contributed by atoms with E-state index in [1.807, 2.05) is 30.3 Å². The first-order chi connectivity index (χ1) is 9.61. The maximum atomic E-state index is 11.2. The van der Waals surface area contributed by atoms with Crippen molar-refractivity contribution in [2.24, 2.45) is 5.73 Å². The van der Waals surface area contributed by atoms with Gasteiger partial charge in [0.25, 0.3) is 0 Å². The largest absolute Gasteiger partial charge is 0.389 e. The minimum absolute atomic E-state index is 0.0205. The minimum atomic E-state index is -0.0205. The Bertz CT molecular complexity index is 657. The Hall–Kier alpha value is -2.21. The number of hydrogen-bond donors (Lipinski definition) is 3. The predicted octanol–water partition coefficient (Wildman–Crippen LogP) is 1.42. The molecular formula is C14H16N4OS. The lowest BCUT2D eigenvalue weighted by Crippen LogP contribution is -2.21. The second-order valence-corrected chi connectivity index (χ2v) is 4.73. The minimum Gasteiger partial charge on any atom is -0.389 e. The van der Waals surface area contributed by atoms with Gasteiger partial charge in [-0.15, -0.1) is 0 Å². The third kappa shape index (κ3) is 3.21. The van der Waals surface area contributed by atoms with Gasteiger partial charge < -0.3 is 16.4 Å². The highest BCUT2D eigenvalue weighted by Crippen LogP contribution is 2.20. The fraction of sp³-hybridized carbons (Fsp3) is 0.214. The zero-order chi connectivity index (χ0) is 14.5. The molecule has 1 heterocycles. The molecule has 0 atom stereocenters. The van der Waals surface area contributed by atoms with Gasteiger partial charge in [0.1, 0.15) is 10.8 Å². The molecule has 20 heavy (non-hydrogen) atoms. The van der Waals surface area contributed by atoms with Crippen molar-refractivity contribution in [1.29, 1.82) is 0 Å². The summed E-state index contributed by atoms with van der Waals surface area (Å²) in [5, 5.41) is 6.61. The molecule has 5 nitrogen and oxygen atoms in total. The lowest BCUT2D eigenvalue weighted by Gasteiger charge is -2.10. The third-order valence-corrected chi connectivity index (χ3v) is 3.14. The van der Waals surface area contributed by atoms with Crippen LogP contribution in [0.5, 0.6) is 0 Å². The number of nitrogens with zero attached hydrogens (tertiary/aromatic N) is 1. The second kappa shape index (κ2) is 6.29. The third-order valence-electron chi connectivity index (χ3n) is 2.92. The smallest absolute Gasteiger partial charge is 0.221 e. The molecule has 1 aromatic carbocycles. The van der Waals surface area contributed by atoms with E-state index in [0.29, 0.717) is 23.8 Å². The number of nitrogens with one attached hydrogen (secondary N) is 2. The SMILES string of the molecule is CNC(=O)CCNc1cc(C(N)=S)c2ccccc2n1. The number of fused-ring (bicyclic) bond motifs is 1. The first-order valence-electron chi connectivity index (χ1n) is 6.26. The summed E-state index contributed by atoms with van der Waals surface area (Å²) in [5.41, 5.74) is 7.36. The van der Waals surface area contributed by atoms with Crippen molar-refractivity contribution in [3.8, 4) is 0 Å². The lowest BCUT2D eigenvalue weighted by molar-refractivity contribution is -0.120. The Morgan fingerprint density at radius 1 is 1.40 bits per heavy atom. The molecule has 0 unspecified atom stereocenters. The number of carbonyl (C=O) groups is 1. The van der Waals surface area contributed by atoms with Crippen LogP contribution in [0.25, 0.3) is 10.9 Å². The summed E-state index contributed by atoms with van der Waals surface area (Å²) < 4.78 is 0. The number of nitrogens with two attached hydrogens (primary N) is 1. The van der Waals surface area contributed by atoms with Gasteiger partial charge in [-0.1, -0.05) is 30.4 Å². The van der Waals surface area contributed by atoms with E-state index in [1.54, 1.807) is 7.05 Å². The van der Waals surface area contributed by atoms with Crippen LogP contribution in [0.3, 0.4) is 0 Å². The average molecular weight is 288 g/mol. The van der Waals surface area contributed by atoms with Crippen LogP contribution in [-0.2, 0) is 4.79 Å². The number of anilines is 1. The van der Waals surface area contributed by atoms with Gasteiger partial charge in [-0.2, -0.15) is 0 Å². The maximum absolute atomic E-state index is 11.2. The molecule has 0 saturated heterocycles. The van der Waals surface area contributed by atoms with Crippen molar-refractivity contribution >= 4 is 39.8 Å². The van der Waals surface area contributed by atoms with Crippen LogP contribution in [0, 0.1) is 0 Å². The second-order valence-electron chi connectivity index (χ2n) is 4.29. The molecule has 0 spiro atoms. The highest BCUT2D eigenvalue weighted by molar-refractivity contribution is 7.80. The summed E-state index contributed by atoms with van der Waals surface area (Å²) in [7, 11) is 1.61. The number of aromatic nitrogens is 1. The predicted molar refractivity (Wildman–Crippen MR) is 84.8 cm³/mol. The number of benzene rings is 1.